The van der Waals surface area contributed by atoms with Crippen LogP contribution in [-0.2, 0) is 9.09 Å². The monoisotopic (exact) mass is 182 g/mol. The molecule has 11 heavy (non-hydrogen) atoms. The lowest BCUT2D eigenvalue weighted by atomic mass is 10.6. The van der Waals surface area contributed by atoms with Crippen molar-refractivity contribution < 1.29 is 14.0 Å². The summed E-state index contributed by atoms with van der Waals surface area (Å²) >= 11 is 0. The molecular weight excluding hydrogens is 163 g/mol. The third kappa shape index (κ3) is 13.2. The molecule has 0 rings (SSSR count). The van der Waals surface area contributed by atoms with E-state index >= 15 is 0 Å². The molecule has 0 saturated heterocycles. The van der Waals surface area contributed by atoms with Crippen LogP contribution in [0, 0.1) is 0 Å². The van der Waals surface area contributed by atoms with Crippen molar-refractivity contribution in [1.29, 1.82) is 0 Å². The standard InChI is InChI=1S/C4H11O3P.C3H8/c1-3-4-8(5,6)7-2;1-3-2/h3-4H2,1-2H3,(H,5,6);3H2,1-2H3. The first-order valence-electron chi connectivity index (χ1n) is 3.91. The molecule has 0 aromatic rings. The molecule has 0 fully saturated rings. The predicted octanol–water partition coefficient (Wildman–Crippen LogP) is 2.64. The van der Waals surface area contributed by atoms with Gasteiger partial charge in [0.25, 0.3) is 0 Å². The molecule has 0 aliphatic heterocycles. The van der Waals surface area contributed by atoms with Gasteiger partial charge in [-0.25, -0.2) is 0 Å². The SMILES string of the molecule is CCC.CCCP(=O)(O)OC. The van der Waals surface area contributed by atoms with Crippen molar-refractivity contribution in [3.8, 4) is 0 Å². The highest BCUT2D eigenvalue weighted by Crippen LogP contribution is 2.40. The molecule has 0 aliphatic rings. The van der Waals surface area contributed by atoms with Crippen LogP contribution in [0.25, 0.3) is 0 Å². The van der Waals surface area contributed by atoms with E-state index < -0.39 is 7.60 Å². The second kappa shape index (κ2) is 8.25. The average Bonchev–Trinajstić information content (AvgIpc) is 1.90. The molecule has 0 aromatic carbocycles. The highest BCUT2D eigenvalue weighted by molar-refractivity contribution is 7.52. The summed E-state index contributed by atoms with van der Waals surface area (Å²) in [6, 6.07) is 0. The van der Waals surface area contributed by atoms with Gasteiger partial charge in [0.05, 0.1) is 0 Å². The van der Waals surface area contributed by atoms with Gasteiger partial charge in [0.15, 0.2) is 0 Å². The van der Waals surface area contributed by atoms with E-state index in [0.29, 0.717) is 6.42 Å². The molecule has 4 heteroatoms. The van der Waals surface area contributed by atoms with Crippen LogP contribution in [0.3, 0.4) is 0 Å². The first-order chi connectivity index (χ1) is 5.04. The van der Waals surface area contributed by atoms with Gasteiger partial charge < -0.3 is 9.42 Å². The van der Waals surface area contributed by atoms with E-state index in [2.05, 4.69) is 18.4 Å². The van der Waals surface area contributed by atoms with Crippen LogP contribution >= 0.6 is 7.60 Å². The smallest absolute Gasteiger partial charge is 0.324 e. The molecule has 1 atom stereocenters. The van der Waals surface area contributed by atoms with E-state index in [1.54, 1.807) is 0 Å². The van der Waals surface area contributed by atoms with Gasteiger partial charge >= 0.3 is 7.60 Å². The fourth-order valence-corrected chi connectivity index (χ4v) is 1.12. The molecule has 0 aliphatic carbocycles. The minimum Gasteiger partial charge on any atom is -0.324 e. The van der Waals surface area contributed by atoms with Crippen LogP contribution in [0.5, 0.6) is 0 Å². The molecule has 1 N–H and O–H groups in total. The lowest BCUT2D eigenvalue weighted by Gasteiger charge is -2.04. The Morgan fingerprint density at radius 2 is 1.73 bits per heavy atom. The molecule has 0 spiro atoms. The Balaban J connectivity index is 0. The molecule has 1 unspecified atom stereocenters. The van der Waals surface area contributed by atoms with E-state index in [1.807, 2.05) is 6.92 Å². The van der Waals surface area contributed by atoms with Crippen LogP contribution in [0.1, 0.15) is 33.6 Å². The summed E-state index contributed by atoms with van der Waals surface area (Å²) in [6.07, 6.45) is 2.19. The van der Waals surface area contributed by atoms with Crippen LogP contribution in [0.15, 0.2) is 0 Å². The predicted molar refractivity (Wildman–Crippen MR) is 48.0 cm³/mol. The first kappa shape index (κ1) is 13.7. The maximum Gasteiger partial charge on any atom is 0.327 e. The maximum atomic E-state index is 10.5. The van der Waals surface area contributed by atoms with Crippen molar-refractivity contribution in [3.63, 3.8) is 0 Å². The highest BCUT2D eigenvalue weighted by Gasteiger charge is 2.13. The van der Waals surface area contributed by atoms with Gasteiger partial charge in [-0.3, -0.25) is 4.57 Å². The Hall–Kier alpha value is 0.150. The van der Waals surface area contributed by atoms with Crippen LogP contribution in [0.2, 0.25) is 0 Å². The summed E-state index contributed by atoms with van der Waals surface area (Å²) in [4.78, 5) is 8.66. The topological polar surface area (TPSA) is 46.5 Å². The van der Waals surface area contributed by atoms with Gasteiger partial charge in [-0.1, -0.05) is 27.2 Å². The molecule has 0 radical (unpaired) electrons. The van der Waals surface area contributed by atoms with Crippen molar-refractivity contribution in [2.45, 2.75) is 33.6 Å². The van der Waals surface area contributed by atoms with Crippen molar-refractivity contribution in [3.05, 3.63) is 0 Å². The highest BCUT2D eigenvalue weighted by atomic mass is 31.2. The molecular formula is C7H19O3P. The molecule has 3 nitrogen and oxygen atoms in total. The van der Waals surface area contributed by atoms with Gasteiger partial charge in [0.1, 0.15) is 0 Å². The van der Waals surface area contributed by atoms with E-state index in [9.17, 15) is 4.57 Å². The third-order valence-electron chi connectivity index (χ3n) is 0.791. The summed E-state index contributed by atoms with van der Waals surface area (Å²) < 4.78 is 14.8. The first-order valence-corrected chi connectivity index (χ1v) is 5.67. The second-order valence-corrected chi connectivity index (χ2v) is 4.34. The zero-order valence-electron chi connectivity index (χ0n) is 7.83. The minimum atomic E-state index is -3.17. The minimum absolute atomic E-state index is 0.253. The summed E-state index contributed by atoms with van der Waals surface area (Å²) in [7, 11) is -1.93. The number of hydrogen-bond donors (Lipinski definition) is 1. The van der Waals surface area contributed by atoms with Crippen molar-refractivity contribution in [2.24, 2.45) is 0 Å². The molecule has 0 bridgehead atoms. The van der Waals surface area contributed by atoms with E-state index in [0.717, 1.165) is 0 Å². The average molecular weight is 182 g/mol. The Labute approximate surface area is 69.3 Å². The second-order valence-electron chi connectivity index (χ2n) is 2.25. The quantitative estimate of drug-likeness (QED) is 0.682. The summed E-state index contributed by atoms with van der Waals surface area (Å²) in [5.74, 6) is 0. The third-order valence-corrected chi connectivity index (χ3v) is 2.37. The van der Waals surface area contributed by atoms with Crippen molar-refractivity contribution >= 4 is 7.60 Å². The van der Waals surface area contributed by atoms with Gasteiger partial charge in [0, 0.05) is 13.3 Å². The summed E-state index contributed by atoms with van der Waals surface area (Å²) in [5.41, 5.74) is 0. The maximum absolute atomic E-state index is 10.5. The van der Waals surface area contributed by atoms with Gasteiger partial charge in [-0.2, -0.15) is 0 Å². The van der Waals surface area contributed by atoms with E-state index in [4.69, 9.17) is 4.89 Å². The fraction of sp³-hybridized carbons (Fsp3) is 1.00. The normalized spacial score (nSPS) is 14.6. The number of rotatable bonds is 3. The van der Waals surface area contributed by atoms with Gasteiger partial charge in [-0.05, 0) is 6.42 Å². The molecule has 0 amide bonds. The fourth-order valence-electron chi connectivity index (χ4n) is 0.374. The van der Waals surface area contributed by atoms with Gasteiger partial charge in [-0.15, -0.1) is 0 Å². The molecule has 70 valence electrons. The van der Waals surface area contributed by atoms with Gasteiger partial charge in [0.2, 0.25) is 0 Å². The lowest BCUT2D eigenvalue weighted by molar-refractivity contribution is 0.315. The Morgan fingerprint density at radius 3 is 1.82 bits per heavy atom. The van der Waals surface area contributed by atoms with Crippen LogP contribution < -0.4 is 0 Å². The van der Waals surface area contributed by atoms with Crippen LogP contribution in [-0.4, -0.2) is 18.2 Å². The molecule has 0 aromatic heterocycles. The van der Waals surface area contributed by atoms with E-state index in [1.165, 1.54) is 13.5 Å². The number of hydrogen-bond acceptors (Lipinski definition) is 2. The molecule has 0 saturated carbocycles. The summed E-state index contributed by atoms with van der Waals surface area (Å²) in [5, 5.41) is 0. The molecule has 0 heterocycles. The van der Waals surface area contributed by atoms with Crippen LogP contribution in [0.4, 0.5) is 0 Å². The van der Waals surface area contributed by atoms with Crippen molar-refractivity contribution in [2.75, 3.05) is 13.3 Å². The Bertz CT molecular complexity index is 114. The lowest BCUT2D eigenvalue weighted by Crippen LogP contribution is -1.87. The largest absolute Gasteiger partial charge is 0.327 e. The zero-order chi connectivity index (χ0) is 9.33. The zero-order valence-corrected chi connectivity index (χ0v) is 8.73. The van der Waals surface area contributed by atoms with Crippen molar-refractivity contribution in [1.82, 2.24) is 0 Å². The Kier molecular flexibility index (Phi) is 10.3. The van der Waals surface area contributed by atoms with E-state index in [-0.39, 0.29) is 6.16 Å². The Morgan fingerprint density at radius 1 is 1.36 bits per heavy atom. The summed E-state index contributed by atoms with van der Waals surface area (Å²) in [6.45, 7) is 6.09.